The van der Waals surface area contributed by atoms with E-state index in [-0.39, 0.29) is 0 Å². The SMILES string of the molecule is BrC(c1ccc2oc3ccccc3c2c1)C1CCCCC1. The molecule has 1 heterocycles. The molecule has 1 unspecified atom stereocenters. The summed E-state index contributed by atoms with van der Waals surface area (Å²) in [6, 6.07) is 15.0. The Bertz CT molecular complexity index is 767. The highest BCUT2D eigenvalue weighted by Gasteiger charge is 2.23. The van der Waals surface area contributed by atoms with Crippen LogP contribution in [0.2, 0.25) is 0 Å². The van der Waals surface area contributed by atoms with Gasteiger partial charge < -0.3 is 4.42 Å². The molecule has 1 aliphatic carbocycles. The number of fused-ring (bicyclic) bond motifs is 3. The molecule has 1 fully saturated rings. The van der Waals surface area contributed by atoms with Gasteiger partial charge in [-0.25, -0.2) is 0 Å². The van der Waals surface area contributed by atoms with Crippen LogP contribution < -0.4 is 0 Å². The molecular formula is C19H19BrO. The van der Waals surface area contributed by atoms with Gasteiger partial charge in [-0.15, -0.1) is 0 Å². The summed E-state index contributed by atoms with van der Waals surface area (Å²) in [5.41, 5.74) is 3.36. The van der Waals surface area contributed by atoms with E-state index in [1.807, 2.05) is 12.1 Å². The fourth-order valence-electron chi connectivity index (χ4n) is 3.61. The van der Waals surface area contributed by atoms with E-state index in [4.69, 9.17) is 4.42 Å². The molecule has 3 aromatic rings. The van der Waals surface area contributed by atoms with Gasteiger partial charge in [-0.1, -0.05) is 59.5 Å². The van der Waals surface area contributed by atoms with Gasteiger partial charge in [0.2, 0.25) is 0 Å². The van der Waals surface area contributed by atoms with Crippen LogP contribution in [0.5, 0.6) is 0 Å². The van der Waals surface area contributed by atoms with E-state index in [1.54, 1.807) is 0 Å². The summed E-state index contributed by atoms with van der Waals surface area (Å²) in [5, 5.41) is 2.46. The number of alkyl halides is 1. The lowest BCUT2D eigenvalue weighted by Gasteiger charge is -2.26. The van der Waals surface area contributed by atoms with Gasteiger partial charge in [-0.3, -0.25) is 0 Å². The average Bonchev–Trinajstić information content (AvgIpc) is 2.93. The Morgan fingerprint density at radius 1 is 0.905 bits per heavy atom. The monoisotopic (exact) mass is 342 g/mol. The molecule has 0 bridgehead atoms. The van der Waals surface area contributed by atoms with Crippen molar-refractivity contribution in [2.45, 2.75) is 36.9 Å². The summed E-state index contributed by atoms with van der Waals surface area (Å²) in [4.78, 5) is 0.468. The quantitative estimate of drug-likeness (QED) is 0.478. The van der Waals surface area contributed by atoms with Crippen LogP contribution in [-0.2, 0) is 0 Å². The lowest BCUT2D eigenvalue weighted by molar-refractivity contribution is 0.355. The first-order valence-corrected chi connectivity index (χ1v) is 8.80. The molecule has 108 valence electrons. The van der Waals surface area contributed by atoms with E-state index in [1.165, 1.54) is 48.4 Å². The van der Waals surface area contributed by atoms with Crippen LogP contribution in [0.4, 0.5) is 0 Å². The summed E-state index contributed by atoms with van der Waals surface area (Å²) in [6.07, 6.45) is 6.86. The van der Waals surface area contributed by atoms with E-state index >= 15 is 0 Å². The molecule has 0 amide bonds. The lowest BCUT2D eigenvalue weighted by Crippen LogP contribution is -2.11. The molecule has 1 aliphatic rings. The Labute approximate surface area is 133 Å². The zero-order valence-electron chi connectivity index (χ0n) is 12.0. The van der Waals surface area contributed by atoms with Crippen LogP contribution in [0.3, 0.4) is 0 Å². The maximum Gasteiger partial charge on any atom is 0.135 e. The fourth-order valence-corrected chi connectivity index (χ4v) is 4.43. The number of halogens is 1. The smallest absolute Gasteiger partial charge is 0.135 e. The summed E-state index contributed by atoms with van der Waals surface area (Å²) >= 11 is 3.95. The Morgan fingerprint density at radius 2 is 1.67 bits per heavy atom. The van der Waals surface area contributed by atoms with Crippen molar-refractivity contribution in [2.75, 3.05) is 0 Å². The standard InChI is InChI=1S/C19H19BrO/c20-19(13-6-2-1-3-7-13)14-10-11-18-16(12-14)15-8-4-5-9-17(15)21-18/h4-5,8-13,19H,1-3,6-7H2. The molecule has 0 radical (unpaired) electrons. The van der Waals surface area contributed by atoms with Gasteiger partial charge in [0.25, 0.3) is 0 Å². The minimum Gasteiger partial charge on any atom is -0.456 e. The third-order valence-corrected chi connectivity index (χ3v) is 6.06. The van der Waals surface area contributed by atoms with E-state index < -0.39 is 0 Å². The number of benzene rings is 2. The maximum absolute atomic E-state index is 5.92. The van der Waals surface area contributed by atoms with Crippen LogP contribution in [0.15, 0.2) is 46.9 Å². The van der Waals surface area contributed by atoms with Crippen molar-refractivity contribution in [1.82, 2.24) is 0 Å². The predicted octanol–water partition coefficient (Wildman–Crippen LogP) is 6.60. The van der Waals surface area contributed by atoms with Crippen LogP contribution in [-0.4, -0.2) is 0 Å². The predicted molar refractivity (Wildman–Crippen MR) is 92.0 cm³/mol. The first kappa shape index (κ1) is 13.4. The van der Waals surface area contributed by atoms with E-state index in [0.717, 1.165) is 17.1 Å². The Hall–Kier alpha value is -1.28. The molecule has 21 heavy (non-hydrogen) atoms. The summed E-state index contributed by atoms with van der Waals surface area (Å²) in [5.74, 6) is 0.773. The van der Waals surface area contributed by atoms with Crippen LogP contribution in [0, 0.1) is 5.92 Å². The first-order chi connectivity index (χ1) is 10.3. The molecule has 0 N–H and O–H groups in total. The van der Waals surface area contributed by atoms with Crippen molar-refractivity contribution in [3.63, 3.8) is 0 Å². The molecule has 1 aromatic heterocycles. The van der Waals surface area contributed by atoms with Crippen molar-refractivity contribution in [3.8, 4) is 0 Å². The molecule has 0 saturated heterocycles. The number of hydrogen-bond donors (Lipinski definition) is 0. The van der Waals surface area contributed by atoms with Gasteiger partial charge in [0, 0.05) is 15.6 Å². The summed E-state index contributed by atoms with van der Waals surface area (Å²) in [7, 11) is 0. The number of para-hydroxylation sites is 1. The van der Waals surface area contributed by atoms with Crippen molar-refractivity contribution >= 4 is 37.9 Å². The van der Waals surface area contributed by atoms with Gasteiger partial charge in [-0.05, 0) is 42.5 Å². The van der Waals surface area contributed by atoms with Crippen LogP contribution in [0.1, 0.15) is 42.5 Å². The molecule has 2 heteroatoms. The molecule has 1 saturated carbocycles. The molecule has 1 atom stereocenters. The zero-order chi connectivity index (χ0) is 14.2. The number of rotatable bonds is 2. The van der Waals surface area contributed by atoms with Gasteiger partial charge in [-0.2, -0.15) is 0 Å². The molecule has 4 rings (SSSR count). The Kier molecular flexibility index (Phi) is 3.50. The normalized spacial score (nSPS) is 18.3. The Morgan fingerprint density at radius 3 is 2.52 bits per heavy atom. The van der Waals surface area contributed by atoms with E-state index in [0.29, 0.717) is 4.83 Å². The molecule has 0 spiro atoms. The number of hydrogen-bond acceptors (Lipinski definition) is 1. The van der Waals surface area contributed by atoms with Gasteiger partial charge in [0.15, 0.2) is 0 Å². The fraction of sp³-hybridized carbons (Fsp3) is 0.368. The minimum atomic E-state index is 0.468. The van der Waals surface area contributed by atoms with Crippen molar-refractivity contribution in [3.05, 3.63) is 48.0 Å². The van der Waals surface area contributed by atoms with Crippen molar-refractivity contribution < 1.29 is 4.42 Å². The molecule has 1 nitrogen and oxygen atoms in total. The minimum absolute atomic E-state index is 0.468. The van der Waals surface area contributed by atoms with Gasteiger partial charge >= 0.3 is 0 Å². The highest BCUT2D eigenvalue weighted by Crippen LogP contribution is 2.41. The molecular weight excluding hydrogens is 324 g/mol. The van der Waals surface area contributed by atoms with E-state index in [2.05, 4.69) is 46.3 Å². The Balaban J connectivity index is 1.76. The average molecular weight is 343 g/mol. The second-order valence-corrected chi connectivity index (χ2v) is 7.14. The van der Waals surface area contributed by atoms with Crippen LogP contribution >= 0.6 is 15.9 Å². The largest absolute Gasteiger partial charge is 0.456 e. The molecule has 2 aromatic carbocycles. The van der Waals surface area contributed by atoms with Gasteiger partial charge in [0.1, 0.15) is 11.2 Å². The topological polar surface area (TPSA) is 13.1 Å². The van der Waals surface area contributed by atoms with E-state index in [9.17, 15) is 0 Å². The highest BCUT2D eigenvalue weighted by molar-refractivity contribution is 9.09. The van der Waals surface area contributed by atoms with Crippen molar-refractivity contribution in [2.24, 2.45) is 5.92 Å². The maximum atomic E-state index is 5.92. The third kappa shape index (κ3) is 2.40. The number of furan rings is 1. The van der Waals surface area contributed by atoms with Gasteiger partial charge in [0.05, 0.1) is 0 Å². The third-order valence-electron chi connectivity index (χ3n) is 4.78. The summed E-state index contributed by atoms with van der Waals surface area (Å²) in [6.45, 7) is 0. The second-order valence-electron chi connectivity index (χ2n) is 6.15. The zero-order valence-corrected chi connectivity index (χ0v) is 13.6. The van der Waals surface area contributed by atoms with Crippen molar-refractivity contribution in [1.29, 1.82) is 0 Å². The highest BCUT2D eigenvalue weighted by atomic mass is 79.9. The lowest BCUT2D eigenvalue weighted by atomic mass is 9.84. The molecule has 0 aliphatic heterocycles. The summed E-state index contributed by atoms with van der Waals surface area (Å²) < 4.78 is 5.92. The first-order valence-electron chi connectivity index (χ1n) is 7.88. The van der Waals surface area contributed by atoms with Crippen LogP contribution in [0.25, 0.3) is 21.9 Å². The second kappa shape index (κ2) is 5.49.